The molecule has 1 aromatic carbocycles. The first-order valence-electron chi connectivity index (χ1n) is 6.32. The van der Waals surface area contributed by atoms with Crippen LogP contribution >= 0.6 is 0 Å². The van der Waals surface area contributed by atoms with Gasteiger partial charge in [0.2, 0.25) is 0 Å². The van der Waals surface area contributed by atoms with Gasteiger partial charge in [0.15, 0.2) is 0 Å². The van der Waals surface area contributed by atoms with Gasteiger partial charge in [-0.3, -0.25) is 4.90 Å². The summed E-state index contributed by atoms with van der Waals surface area (Å²) in [6.07, 6.45) is 0.691. The fourth-order valence-corrected chi connectivity index (χ4v) is 1.83. The van der Waals surface area contributed by atoms with Gasteiger partial charge < -0.3 is 9.84 Å². The maximum Gasteiger partial charge on any atom is 0.340 e. The van der Waals surface area contributed by atoms with Crippen molar-refractivity contribution in [2.24, 2.45) is 0 Å². The van der Waals surface area contributed by atoms with Crippen LogP contribution in [0.4, 0.5) is 4.39 Å². The maximum atomic E-state index is 13.7. The Bertz CT molecular complexity index is 423. The van der Waals surface area contributed by atoms with Crippen molar-refractivity contribution in [3.05, 3.63) is 35.1 Å². The summed E-state index contributed by atoms with van der Waals surface area (Å²) in [5.74, 6) is -1.24. The summed E-state index contributed by atoms with van der Waals surface area (Å²) in [5, 5.41) is 8.81. The Labute approximate surface area is 112 Å². The van der Waals surface area contributed by atoms with E-state index in [9.17, 15) is 9.18 Å². The predicted octanol–water partition coefficient (Wildman–Crippen LogP) is 1.82. The Kier molecular flexibility index (Phi) is 6.45. The van der Waals surface area contributed by atoms with Gasteiger partial charge in [-0.05, 0) is 30.7 Å². The van der Waals surface area contributed by atoms with E-state index in [0.29, 0.717) is 13.0 Å². The molecule has 0 spiro atoms. The van der Waals surface area contributed by atoms with Crippen molar-refractivity contribution in [1.82, 2.24) is 4.90 Å². The van der Waals surface area contributed by atoms with Crippen LogP contribution in [0, 0.1) is 5.82 Å². The van der Waals surface area contributed by atoms with E-state index in [2.05, 4.69) is 9.64 Å². The van der Waals surface area contributed by atoms with Crippen LogP contribution in [0.15, 0.2) is 18.2 Å². The molecule has 106 valence electrons. The summed E-state index contributed by atoms with van der Waals surface area (Å²) in [4.78, 5) is 13.4. The number of hydrogen-bond acceptors (Lipinski definition) is 4. The highest BCUT2D eigenvalue weighted by Crippen LogP contribution is 2.13. The largest absolute Gasteiger partial charge is 0.465 e. The molecule has 0 amide bonds. The highest BCUT2D eigenvalue weighted by atomic mass is 19.1. The first-order valence-corrected chi connectivity index (χ1v) is 6.32. The SMILES string of the molecule is CCN(CCCO)Cc1ccc(C(=O)OC)c(F)c1. The summed E-state index contributed by atoms with van der Waals surface area (Å²) in [6.45, 7) is 4.32. The topological polar surface area (TPSA) is 49.8 Å². The van der Waals surface area contributed by atoms with E-state index in [1.54, 1.807) is 6.07 Å². The second-order valence-electron chi connectivity index (χ2n) is 4.25. The number of aliphatic hydroxyl groups is 1. The molecule has 0 aliphatic rings. The van der Waals surface area contributed by atoms with Crippen LogP contribution in [-0.4, -0.2) is 42.8 Å². The van der Waals surface area contributed by atoms with E-state index in [4.69, 9.17) is 5.11 Å². The lowest BCUT2D eigenvalue weighted by atomic mass is 10.1. The Morgan fingerprint density at radius 2 is 2.21 bits per heavy atom. The van der Waals surface area contributed by atoms with Gasteiger partial charge in [0.05, 0.1) is 12.7 Å². The smallest absolute Gasteiger partial charge is 0.340 e. The highest BCUT2D eigenvalue weighted by Gasteiger charge is 2.13. The third-order valence-corrected chi connectivity index (χ3v) is 2.92. The number of esters is 1. The van der Waals surface area contributed by atoms with Crippen molar-refractivity contribution in [2.45, 2.75) is 19.9 Å². The summed E-state index contributed by atoms with van der Waals surface area (Å²) in [7, 11) is 1.23. The van der Waals surface area contributed by atoms with Crippen molar-refractivity contribution in [3.8, 4) is 0 Å². The molecule has 0 aliphatic heterocycles. The van der Waals surface area contributed by atoms with Crippen LogP contribution in [0.5, 0.6) is 0 Å². The van der Waals surface area contributed by atoms with Crippen LogP contribution in [0.1, 0.15) is 29.3 Å². The quantitative estimate of drug-likeness (QED) is 0.767. The van der Waals surface area contributed by atoms with E-state index >= 15 is 0 Å². The molecule has 1 aromatic rings. The van der Waals surface area contributed by atoms with Crippen LogP contribution in [-0.2, 0) is 11.3 Å². The minimum Gasteiger partial charge on any atom is -0.465 e. The van der Waals surface area contributed by atoms with Gasteiger partial charge in [-0.15, -0.1) is 0 Å². The number of halogens is 1. The molecule has 5 heteroatoms. The normalized spacial score (nSPS) is 10.8. The summed E-state index contributed by atoms with van der Waals surface area (Å²) in [6, 6.07) is 4.52. The third kappa shape index (κ3) is 4.61. The van der Waals surface area contributed by atoms with Crippen molar-refractivity contribution in [1.29, 1.82) is 0 Å². The fraction of sp³-hybridized carbons (Fsp3) is 0.500. The number of aliphatic hydroxyl groups excluding tert-OH is 1. The zero-order chi connectivity index (χ0) is 14.3. The predicted molar refractivity (Wildman–Crippen MR) is 70.4 cm³/mol. The van der Waals surface area contributed by atoms with Gasteiger partial charge in [0.1, 0.15) is 5.82 Å². The minimum absolute atomic E-state index is 0.0512. The van der Waals surface area contributed by atoms with E-state index < -0.39 is 11.8 Å². The van der Waals surface area contributed by atoms with Gasteiger partial charge in [-0.2, -0.15) is 0 Å². The summed E-state index contributed by atoms with van der Waals surface area (Å²) < 4.78 is 18.2. The molecule has 0 atom stereocenters. The van der Waals surface area contributed by atoms with Crippen molar-refractivity contribution >= 4 is 5.97 Å². The zero-order valence-corrected chi connectivity index (χ0v) is 11.4. The van der Waals surface area contributed by atoms with Gasteiger partial charge in [-0.1, -0.05) is 13.0 Å². The Hall–Kier alpha value is -1.46. The number of benzene rings is 1. The molecule has 0 unspecified atom stereocenters. The fourth-order valence-electron chi connectivity index (χ4n) is 1.83. The van der Waals surface area contributed by atoms with Crippen molar-refractivity contribution in [2.75, 3.05) is 26.8 Å². The standard InChI is InChI=1S/C14H20FNO3/c1-3-16(7-4-8-17)10-11-5-6-12(13(15)9-11)14(18)19-2/h5-6,9,17H,3-4,7-8,10H2,1-2H3. The van der Waals surface area contributed by atoms with Gasteiger partial charge in [-0.25, -0.2) is 9.18 Å². The number of carbonyl (C=O) groups is 1. The Morgan fingerprint density at radius 3 is 2.74 bits per heavy atom. The first kappa shape index (κ1) is 15.6. The lowest BCUT2D eigenvalue weighted by molar-refractivity contribution is 0.0595. The lowest BCUT2D eigenvalue weighted by Gasteiger charge is -2.20. The average molecular weight is 269 g/mol. The second-order valence-corrected chi connectivity index (χ2v) is 4.25. The molecule has 1 rings (SSSR count). The van der Waals surface area contributed by atoms with E-state index in [0.717, 1.165) is 18.7 Å². The highest BCUT2D eigenvalue weighted by molar-refractivity contribution is 5.89. The Balaban J connectivity index is 2.74. The molecule has 0 bridgehead atoms. The van der Waals surface area contributed by atoms with E-state index in [1.165, 1.54) is 19.2 Å². The van der Waals surface area contributed by atoms with E-state index in [-0.39, 0.29) is 12.2 Å². The molecule has 4 nitrogen and oxygen atoms in total. The van der Waals surface area contributed by atoms with Crippen LogP contribution in [0.3, 0.4) is 0 Å². The van der Waals surface area contributed by atoms with Gasteiger partial charge >= 0.3 is 5.97 Å². The van der Waals surface area contributed by atoms with Crippen LogP contribution < -0.4 is 0 Å². The number of ether oxygens (including phenoxy) is 1. The summed E-state index contributed by atoms with van der Waals surface area (Å²) in [5.41, 5.74) is 0.745. The van der Waals surface area contributed by atoms with E-state index in [1.807, 2.05) is 6.92 Å². The molecule has 0 aromatic heterocycles. The van der Waals surface area contributed by atoms with Gasteiger partial charge in [0, 0.05) is 19.7 Å². The summed E-state index contributed by atoms with van der Waals surface area (Å²) >= 11 is 0. The number of carbonyl (C=O) groups excluding carboxylic acids is 1. The third-order valence-electron chi connectivity index (χ3n) is 2.92. The molecule has 19 heavy (non-hydrogen) atoms. The minimum atomic E-state index is -0.670. The number of hydrogen-bond donors (Lipinski definition) is 1. The molecular formula is C14H20FNO3. The lowest BCUT2D eigenvalue weighted by Crippen LogP contribution is -2.24. The molecule has 1 N–H and O–H groups in total. The monoisotopic (exact) mass is 269 g/mol. The zero-order valence-electron chi connectivity index (χ0n) is 11.4. The van der Waals surface area contributed by atoms with Crippen molar-refractivity contribution in [3.63, 3.8) is 0 Å². The maximum absolute atomic E-state index is 13.7. The van der Waals surface area contributed by atoms with Crippen LogP contribution in [0.2, 0.25) is 0 Å². The average Bonchev–Trinajstić information content (AvgIpc) is 2.42. The molecule has 0 aliphatic carbocycles. The number of methoxy groups -OCH3 is 1. The number of rotatable bonds is 7. The molecule has 0 heterocycles. The van der Waals surface area contributed by atoms with Crippen molar-refractivity contribution < 1.29 is 19.0 Å². The molecular weight excluding hydrogens is 249 g/mol. The van der Waals surface area contributed by atoms with Crippen LogP contribution in [0.25, 0.3) is 0 Å². The molecule has 0 radical (unpaired) electrons. The Morgan fingerprint density at radius 1 is 1.47 bits per heavy atom. The molecule has 0 saturated carbocycles. The molecule has 0 saturated heterocycles. The number of nitrogens with zero attached hydrogens (tertiary/aromatic N) is 1. The first-order chi connectivity index (χ1) is 9.12. The second kappa shape index (κ2) is 7.86. The van der Waals surface area contributed by atoms with Gasteiger partial charge in [0.25, 0.3) is 0 Å². The molecule has 0 fully saturated rings.